The topological polar surface area (TPSA) is 3.24 Å². The van der Waals surface area contributed by atoms with Crippen LogP contribution in [0.5, 0.6) is 0 Å². The Kier molecular flexibility index (Phi) is 6.48. The second-order valence-electron chi connectivity index (χ2n) is 9.18. The van der Waals surface area contributed by atoms with Crippen molar-refractivity contribution in [3.05, 3.63) is 138 Å². The zero-order chi connectivity index (χ0) is 25.2. The van der Waals surface area contributed by atoms with Crippen LogP contribution in [0.15, 0.2) is 127 Å². The average Bonchev–Trinajstić information content (AvgIpc) is 3.60. The fraction of sp³-hybridized carbons (Fsp3) is 0.0588. The molecule has 1 nitrogen and oxygen atoms in total. The summed E-state index contributed by atoms with van der Waals surface area (Å²) in [7, 11) is 0. The molecule has 0 amide bonds. The van der Waals surface area contributed by atoms with Gasteiger partial charge in [0.1, 0.15) is 0 Å². The maximum absolute atomic E-state index is 2.35. The molecule has 180 valence electrons. The molecule has 2 aromatic heterocycles. The van der Waals surface area contributed by atoms with Gasteiger partial charge in [-0.2, -0.15) is 0 Å². The lowest BCUT2D eigenvalue weighted by Gasteiger charge is -2.28. The zero-order valence-corrected chi connectivity index (χ0v) is 22.5. The SMILES string of the molecule is Cc1ccc(-c2ccc(-c3ccc(-c4ccc(C)s4)s3)cc2)c(N(c2ccccc2)c2ccccc2)c1. The molecular formula is C34H27NS2. The maximum Gasteiger partial charge on any atom is 0.0542 e. The van der Waals surface area contributed by atoms with Gasteiger partial charge in [0, 0.05) is 36.4 Å². The second-order valence-corrected chi connectivity index (χ2v) is 11.6. The van der Waals surface area contributed by atoms with Crippen LogP contribution >= 0.6 is 22.7 Å². The second kappa shape index (κ2) is 10.2. The van der Waals surface area contributed by atoms with Crippen LogP contribution in [-0.2, 0) is 0 Å². The van der Waals surface area contributed by atoms with Crippen molar-refractivity contribution < 1.29 is 0 Å². The third kappa shape index (κ3) is 4.89. The lowest BCUT2D eigenvalue weighted by molar-refractivity contribution is 1.27. The van der Waals surface area contributed by atoms with Crippen molar-refractivity contribution >= 4 is 39.7 Å². The van der Waals surface area contributed by atoms with E-state index in [1.54, 1.807) is 0 Å². The number of benzene rings is 4. The maximum atomic E-state index is 2.35. The predicted molar refractivity (Wildman–Crippen MR) is 163 cm³/mol. The molecule has 0 atom stereocenters. The highest BCUT2D eigenvalue weighted by Crippen LogP contribution is 2.42. The number of aryl methyl sites for hydroxylation is 2. The molecule has 0 N–H and O–H groups in total. The van der Waals surface area contributed by atoms with E-state index >= 15 is 0 Å². The van der Waals surface area contributed by atoms with E-state index in [4.69, 9.17) is 0 Å². The summed E-state index contributed by atoms with van der Waals surface area (Å²) in [4.78, 5) is 7.68. The van der Waals surface area contributed by atoms with Gasteiger partial charge < -0.3 is 4.90 Å². The summed E-state index contributed by atoms with van der Waals surface area (Å²) in [6.07, 6.45) is 0. The van der Waals surface area contributed by atoms with Gasteiger partial charge in [-0.05, 0) is 85.1 Å². The minimum atomic E-state index is 1.15. The average molecular weight is 514 g/mol. The van der Waals surface area contributed by atoms with Crippen molar-refractivity contribution in [3.63, 3.8) is 0 Å². The van der Waals surface area contributed by atoms with Gasteiger partial charge in [-0.25, -0.2) is 0 Å². The summed E-state index contributed by atoms with van der Waals surface area (Å²) in [5.41, 5.74) is 8.38. The molecule has 0 bridgehead atoms. The molecule has 0 saturated carbocycles. The molecule has 6 rings (SSSR count). The first-order valence-electron chi connectivity index (χ1n) is 12.4. The molecule has 4 aromatic carbocycles. The highest BCUT2D eigenvalue weighted by molar-refractivity contribution is 7.23. The Bertz CT molecular complexity index is 1590. The van der Waals surface area contributed by atoms with E-state index in [0.717, 1.165) is 11.4 Å². The number of rotatable bonds is 6. The van der Waals surface area contributed by atoms with Gasteiger partial charge in [0.05, 0.1) is 5.69 Å². The monoisotopic (exact) mass is 513 g/mol. The molecular weight excluding hydrogens is 487 g/mol. The molecule has 3 heteroatoms. The van der Waals surface area contributed by atoms with Crippen molar-refractivity contribution in [2.24, 2.45) is 0 Å². The Hall–Kier alpha value is -3.92. The number of hydrogen-bond donors (Lipinski definition) is 0. The zero-order valence-electron chi connectivity index (χ0n) is 20.9. The summed E-state index contributed by atoms with van der Waals surface area (Å²) in [6, 6.07) is 45.9. The van der Waals surface area contributed by atoms with E-state index in [1.165, 1.54) is 47.4 Å². The van der Waals surface area contributed by atoms with Crippen LogP contribution in [-0.4, -0.2) is 0 Å². The molecule has 0 fully saturated rings. The number of anilines is 3. The van der Waals surface area contributed by atoms with Crippen LogP contribution in [0.1, 0.15) is 10.4 Å². The van der Waals surface area contributed by atoms with E-state index in [-0.39, 0.29) is 0 Å². The number of hydrogen-bond acceptors (Lipinski definition) is 3. The van der Waals surface area contributed by atoms with E-state index in [2.05, 4.69) is 146 Å². The Morgan fingerprint density at radius 1 is 0.486 bits per heavy atom. The molecule has 6 aromatic rings. The van der Waals surface area contributed by atoms with Gasteiger partial charge in [-0.15, -0.1) is 22.7 Å². The fourth-order valence-corrected chi connectivity index (χ4v) is 6.63. The van der Waals surface area contributed by atoms with E-state index in [1.807, 2.05) is 22.7 Å². The summed E-state index contributed by atoms with van der Waals surface area (Å²) in [6.45, 7) is 4.32. The summed E-state index contributed by atoms with van der Waals surface area (Å²) >= 11 is 3.72. The van der Waals surface area contributed by atoms with Crippen LogP contribution in [0.25, 0.3) is 31.3 Å². The molecule has 0 aliphatic heterocycles. The van der Waals surface area contributed by atoms with Crippen LogP contribution in [0.3, 0.4) is 0 Å². The Balaban J connectivity index is 1.40. The standard InChI is InChI=1S/C34H27NS2/c1-24-13-19-30(31(23-24)35(28-9-5-3-6-10-28)29-11-7-4-8-12-29)26-15-17-27(18-16-26)32-21-22-34(37-32)33-20-14-25(2)36-33/h3-23H,1-2H3. The van der Waals surface area contributed by atoms with Crippen molar-refractivity contribution in [2.75, 3.05) is 4.90 Å². The van der Waals surface area contributed by atoms with E-state index < -0.39 is 0 Å². The van der Waals surface area contributed by atoms with Gasteiger partial charge in [0.25, 0.3) is 0 Å². The van der Waals surface area contributed by atoms with E-state index in [0.29, 0.717) is 0 Å². The Morgan fingerprint density at radius 2 is 1.05 bits per heavy atom. The van der Waals surface area contributed by atoms with Gasteiger partial charge in [-0.1, -0.05) is 72.8 Å². The molecule has 0 radical (unpaired) electrons. The smallest absolute Gasteiger partial charge is 0.0542 e. The lowest BCUT2D eigenvalue weighted by atomic mass is 9.98. The number of thiophene rings is 2. The minimum Gasteiger partial charge on any atom is -0.310 e. The highest BCUT2D eigenvalue weighted by atomic mass is 32.1. The summed E-state index contributed by atoms with van der Waals surface area (Å²) < 4.78 is 0. The first kappa shape index (κ1) is 23.5. The lowest BCUT2D eigenvalue weighted by Crippen LogP contribution is -2.11. The van der Waals surface area contributed by atoms with Gasteiger partial charge in [0.15, 0.2) is 0 Å². The van der Waals surface area contributed by atoms with Crippen molar-refractivity contribution in [1.82, 2.24) is 0 Å². The molecule has 0 spiro atoms. The van der Waals surface area contributed by atoms with Gasteiger partial charge >= 0.3 is 0 Å². The molecule has 2 heterocycles. The molecule has 0 saturated heterocycles. The first-order chi connectivity index (χ1) is 18.2. The summed E-state index contributed by atoms with van der Waals surface area (Å²) in [5.74, 6) is 0. The van der Waals surface area contributed by atoms with Crippen molar-refractivity contribution in [3.8, 4) is 31.3 Å². The van der Waals surface area contributed by atoms with Crippen molar-refractivity contribution in [2.45, 2.75) is 13.8 Å². The molecule has 0 aliphatic rings. The highest BCUT2D eigenvalue weighted by Gasteiger charge is 2.17. The number of para-hydroxylation sites is 2. The molecule has 0 unspecified atom stereocenters. The summed E-state index contributed by atoms with van der Waals surface area (Å²) in [5, 5.41) is 0. The van der Waals surface area contributed by atoms with Gasteiger partial charge in [0.2, 0.25) is 0 Å². The van der Waals surface area contributed by atoms with Crippen LogP contribution in [0.4, 0.5) is 17.1 Å². The van der Waals surface area contributed by atoms with Crippen LogP contribution in [0, 0.1) is 13.8 Å². The van der Waals surface area contributed by atoms with Gasteiger partial charge in [-0.3, -0.25) is 0 Å². The molecule has 37 heavy (non-hydrogen) atoms. The predicted octanol–water partition coefficient (Wildman–Crippen LogP) is 10.9. The van der Waals surface area contributed by atoms with Crippen molar-refractivity contribution in [1.29, 1.82) is 0 Å². The minimum absolute atomic E-state index is 1.15. The van der Waals surface area contributed by atoms with E-state index in [9.17, 15) is 0 Å². The Labute approximate surface area is 226 Å². The van der Waals surface area contributed by atoms with Crippen LogP contribution < -0.4 is 4.90 Å². The Morgan fingerprint density at radius 3 is 1.68 bits per heavy atom. The quantitative estimate of drug-likeness (QED) is 0.214. The first-order valence-corrected chi connectivity index (χ1v) is 14.1. The fourth-order valence-electron chi connectivity index (χ4n) is 4.66. The third-order valence-corrected chi connectivity index (χ3v) is 8.82. The normalized spacial score (nSPS) is 11.0. The van der Waals surface area contributed by atoms with Crippen LogP contribution in [0.2, 0.25) is 0 Å². The largest absolute Gasteiger partial charge is 0.310 e. The third-order valence-electron chi connectivity index (χ3n) is 6.49. The number of nitrogens with zero attached hydrogens (tertiary/aromatic N) is 1. The molecule has 0 aliphatic carbocycles.